The smallest absolute Gasteiger partial charge is 0.414 e. The monoisotopic (exact) mass is 807 g/mol. The zero-order chi connectivity index (χ0) is 40.1. The molecule has 1 saturated heterocycles. The van der Waals surface area contributed by atoms with Crippen molar-refractivity contribution in [2.75, 3.05) is 24.8 Å². The average molecular weight is 808 g/mol. The predicted molar refractivity (Wildman–Crippen MR) is 202 cm³/mol. The second kappa shape index (κ2) is 16.7. The molecule has 0 bridgehead atoms. The predicted octanol–water partition coefficient (Wildman–Crippen LogP) is 1.85. The molecule has 0 aliphatic carbocycles. The first-order valence-electron chi connectivity index (χ1n) is 17.2. The number of anilines is 1. The Kier molecular flexibility index (Phi) is 11.8. The number of fused-ring (bicyclic) bond motifs is 2. The summed E-state index contributed by atoms with van der Waals surface area (Å²) in [6.45, 7) is 6.83. The van der Waals surface area contributed by atoms with Crippen molar-refractivity contribution in [3.63, 3.8) is 0 Å². The Labute approximate surface area is 328 Å². The van der Waals surface area contributed by atoms with Crippen molar-refractivity contribution in [3.8, 4) is 5.75 Å². The van der Waals surface area contributed by atoms with E-state index in [1.807, 2.05) is 0 Å². The number of nitrogens with zero attached hydrogens (tertiary/aromatic N) is 7. The van der Waals surface area contributed by atoms with Crippen molar-refractivity contribution in [1.29, 1.82) is 0 Å². The Morgan fingerprint density at radius 1 is 1.14 bits per heavy atom. The standard InChI is InChI=1S/C35H38N10O9S2/c1-6-53-41-24(27-39-33(56-42-27)40-34(50)54-35(2,3)4)29(47)38-25-30(48)45-26(32(49)52-16-19-9-11-21(51-5)12-10-19)20(17-55-31(25)45)14-44-18-43(15-23(36)46)22-8-7-13-37-28(22)44/h7-13,18,25,31H,6,14-17H2,1-5H3,(H3-,36,38,39,40,42,46,47,50)/p+1/b41-24-. The zero-order valence-electron chi connectivity index (χ0n) is 31.0. The molecule has 5 heterocycles. The van der Waals surface area contributed by atoms with Crippen LogP contribution in [0.4, 0.5) is 9.93 Å². The molecule has 1 fully saturated rings. The second-order valence-corrected chi connectivity index (χ2v) is 15.2. The van der Waals surface area contributed by atoms with Crippen LogP contribution < -0.4 is 25.7 Å². The highest BCUT2D eigenvalue weighted by Crippen LogP contribution is 2.41. The van der Waals surface area contributed by atoms with Gasteiger partial charge in [-0.1, -0.05) is 17.3 Å². The minimum Gasteiger partial charge on any atom is -0.497 e. The Morgan fingerprint density at radius 2 is 1.91 bits per heavy atom. The molecule has 294 valence electrons. The molecule has 4 amide bonds. The summed E-state index contributed by atoms with van der Waals surface area (Å²) in [6, 6.07) is 9.44. The van der Waals surface area contributed by atoms with Gasteiger partial charge in [0.05, 0.1) is 13.7 Å². The summed E-state index contributed by atoms with van der Waals surface area (Å²) in [6.07, 6.45) is 2.51. The Balaban J connectivity index is 1.25. The molecule has 2 unspecified atom stereocenters. The van der Waals surface area contributed by atoms with Crippen molar-refractivity contribution < 1.29 is 47.6 Å². The molecule has 0 saturated carbocycles. The van der Waals surface area contributed by atoms with Crippen molar-refractivity contribution >= 4 is 75.1 Å². The summed E-state index contributed by atoms with van der Waals surface area (Å²) in [5, 5.41) is 8.41. The van der Waals surface area contributed by atoms with Crippen LogP contribution in [0.3, 0.4) is 0 Å². The molecular formula is C35H39N10O9S2+. The van der Waals surface area contributed by atoms with Crippen LogP contribution in [0.25, 0.3) is 11.2 Å². The van der Waals surface area contributed by atoms with Gasteiger partial charge in [-0.15, -0.1) is 16.7 Å². The van der Waals surface area contributed by atoms with E-state index < -0.39 is 46.8 Å². The quantitative estimate of drug-likeness (QED) is 0.0543. The maximum Gasteiger partial charge on any atom is 0.414 e. The molecule has 2 atom stereocenters. The number of hydrogen-bond donors (Lipinski definition) is 3. The van der Waals surface area contributed by atoms with Crippen LogP contribution in [0, 0.1) is 0 Å². The van der Waals surface area contributed by atoms with Crippen LogP contribution in [0.2, 0.25) is 0 Å². The fourth-order valence-corrected chi connectivity index (χ4v) is 7.64. The number of β-lactam (4-membered cyclic amide) rings is 1. The van der Waals surface area contributed by atoms with Crippen molar-refractivity contribution in [2.24, 2.45) is 10.9 Å². The topological polar surface area (TPSA) is 235 Å². The zero-order valence-corrected chi connectivity index (χ0v) is 32.6. The molecule has 2 aliphatic rings. The number of amides is 4. The van der Waals surface area contributed by atoms with Gasteiger partial charge in [0.1, 0.15) is 54.4 Å². The van der Waals surface area contributed by atoms with E-state index in [9.17, 15) is 24.0 Å². The van der Waals surface area contributed by atoms with Gasteiger partial charge in [-0.3, -0.25) is 29.2 Å². The van der Waals surface area contributed by atoms with E-state index >= 15 is 0 Å². The number of nitrogens with one attached hydrogen (secondary N) is 2. The highest BCUT2D eigenvalue weighted by molar-refractivity contribution is 8.00. The number of thioether (sulfide) groups is 1. The summed E-state index contributed by atoms with van der Waals surface area (Å²) in [7, 11) is 1.55. The molecule has 1 aromatic carbocycles. The van der Waals surface area contributed by atoms with Crippen LogP contribution >= 0.6 is 23.3 Å². The molecule has 19 nitrogen and oxygen atoms in total. The molecule has 4 N–H and O–H groups in total. The van der Waals surface area contributed by atoms with Crippen LogP contribution in [0.15, 0.2) is 65.3 Å². The number of oxime groups is 1. The third kappa shape index (κ3) is 8.89. The molecule has 56 heavy (non-hydrogen) atoms. The van der Waals surface area contributed by atoms with Gasteiger partial charge in [0.2, 0.25) is 16.7 Å². The summed E-state index contributed by atoms with van der Waals surface area (Å²) in [5.74, 6) is -1.94. The van der Waals surface area contributed by atoms with Gasteiger partial charge in [-0.25, -0.2) is 14.2 Å². The highest BCUT2D eigenvalue weighted by Gasteiger charge is 2.55. The van der Waals surface area contributed by atoms with E-state index in [2.05, 4.69) is 30.1 Å². The van der Waals surface area contributed by atoms with E-state index in [-0.39, 0.29) is 54.4 Å². The van der Waals surface area contributed by atoms with Crippen molar-refractivity contribution in [1.82, 2.24) is 29.1 Å². The first kappa shape index (κ1) is 39.6. The Morgan fingerprint density at radius 3 is 2.61 bits per heavy atom. The number of pyridine rings is 1. The van der Waals surface area contributed by atoms with Crippen LogP contribution in [-0.2, 0) is 53.2 Å². The number of carbonyl (C=O) groups is 5. The van der Waals surface area contributed by atoms with Crippen molar-refractivity contribution in [3.05, 3.63) is 71.6 Å². The molecule has 4 aromatic rings. The number of nitrogens with two attached hydrogens (primary N) is 1. The van der Waals surface area contributed by atoms with Gasteiger partial charge in [-0.2, -0.15) is 9.36 Å². The number of hydrogen-bond acceptors (Lipinski definition) is 15. The number of primary amides is 1. The third-order valence-corrected chi connectivity index (χ3v) is 10.1. The molecular weight excluding hydrogens is 769 g/mol. The first-order chi connectivity index (χ1) is 26.8. The van der Waals surface area contributed by atoms with Gasteiger partial charge in [0.15, 0.2) is 11.8 Å². The number of methoxy groups -OCH3 is 1. The number of benzene rings is 1. The summed E-state index contributed by atoms with van der Waals surface area (Å²) < 4.78 is 23.8. The molecule has 21 heteroatoms. The van der Waals surface area contributed by atoms with Crippen LogP contribution in [-0.4, -0.2) is 95.8 Å². The van der Waals surface area contributed by atoms with Gasteiger partial charge < -0.3 is 30.1 Å². The van der Waals surface area contributed by atoms with E-state index in [0.717, 1.165) is 11.5 Å². The van der Waals surface area contributed by atoms with E-state index in [1.54, 1.807) is 92.9 Å². The molecule has 0 spiro atoms. The largest absolute Gasteiger partial charge is 0.497 e. The lowest BCUT2D eigenvalue weighted by molar-refractivity contribution is -0.665. The Hall–Kier alpha value is -6.09. The number of aromatic nitrogens is 5. The third-order valence-electron chi connectivity index (χ3n) is 8.12. The van der Waals surface area contributed by atoms with Crippen LogP contribution in [0.5, 0.6) is 5.75 Å². The molecule has 3 aromatic heterocycles. The van der Waals surface area contributed by atoms with E-state index in [1.165, 1.54) is 16.7 Å². The van der Waals surface area contributed by atoms with Crippen molar-refractivity contribution in [2.45, 2.75) is 64.4 Å². The lowest BCUT2D eigenvalue weighted by Gasteiger charge is -2.49. The number of esters is 1. The normalized spacial score (nSPS) is 16.8. The van der Waals surface area contributed by atoms with Gasteiger partial charge in [0, 0.05) is 22.9 Å². The van der Waals surface area contributed by atoms with E-state index in [0.29, 0.717) is 28.0 Å². The molecule has 6 rings (SSSR count). The summed E-state index contributed by atoms with van der Waals surface area (Å²) in [5.41, 5.74) is 6.85. The molecule has 2 aliphatic heterocycles. The van der Waals surface area contributed by atoms with E-state index in [4.69, 9.17) is 24.8 Å². The fraction of sp³-hybridized carbons (Fsp3) is 0.371. The minimum absolute atomic E-state index is 0.0271. The lowest BCUT2D eigenvalue weighted by Crippen LogP contribution is -2.71. The Bertz CT molecular complexity index is 2230. The maximum atomic E-state index is 14.0. The highest BCUT2D eigenvalue weighted by atomic mass is 32.2. The van der Waals surface area contributed by atoms with Gasteiger partial charge >= 0.3 is 17.7 Å². The second-order valence-electron chi connectivity index (χ2n) is 13.3. The average Bonchev–Trinajstić information content (AvgIpc) is 3.75. The first-order valence-corrected chi connectivity index (χ1v) is 19.0. The fourth-order valence-electron chi connectivity index (χ4n) is 5.75. The minimum atomic E-state index is -1.07. The number of ether oxygens (including phenoxy) is 3. The van der Waals surface area contributed by atoms with Gasteiger partial charge in [-0.05, 0) is 57.5 Å². The summed E-state index contributed by atoms with van der Waals surface area (Å²) in [4.78, 5) is 80.9. The molecule has 0 radical (unpaired) electrons. The number of carbonyl (C=O) groups excluding carboxylic acids is 5. The number of rotatable bonds is 14. The van der Waals surface area contributed by atoms with Crippen LogP contribution in [0.1, 0.15) is 39.1 Å². The summed E-state index contributed by atoms with van der Waals surface area (Å²) >= 11 is 2.12. The SMILES string of the molecule is CCO/N=C(\C(=O)NC1C(=O)N2C(C(=O)OCc3ccc(OC)cc3)=C(C[n+]3cn(CC(N)=O)c4cccnc43)CSC12)c1nsc(NC(=O)OC(C)(C)C)n1. The lowest BCUT2D eigenvalue weighted by atomic mass is 10.0. The van der Waals surface area contributed by atoms with Gasteiger partial charge in [0.25, 0.3) is 17.7 Å². The maximum absolute atomic E-state index is 14.0. The number of imidazole rings is 1.